The predicted molar refractivity (Wildman–Crippen MR) is 69.1 cm³/mol. The van der Waals surface area contributed by atoms with Gasteiger partial charge in [0.2, 0.25) is 5.91 Å². The molecule has 90 valence electrons. The zero-order valence-electron chi connectivity index (χ0n) is 10.5. The first-order chi connectivity index (χ1) is 8.12. The van der Waals surface area contributed by atoms with Crippen molar-refractivity contribution in [1.29, 1.82) is 0 Å². The molecule has 0 saturated heterocycles. The highest BCUT2D eigenvalue weighted by molar-refractivity contribution is 6.06. The van der Waals surface area contributed by atoms with Crippen molar-refractivity contribution in [2.24, 2.45) is 5.92 Å². The molecule has 17 heavy (non-hydrogen) atoms. The topological polar surface area (TPSA) is 29.1 Å². The number of nitrogens with one attached hydrogen (secondary N) is 1. The third kappa shape index (κ3) is 1.50. The number of hydrogen-bond acceptors (Lipinski definition) is 1. The highest BCUT2D eigenvalue weighted by Gasteiger charge is 2.47. The van der Waals surface area contributed by atoms with Crippen LogP contribution in [0.5, 0.6) is 0 Å². The molecule has 3 rings (SSSR count). The summed E-state index contributed by atoms with van der Waals surface area (Å²) in [5.41, 5.74) is 3.28. The Morgan fingerprint density at radius 2 is 2.00 bits per heavy atom. The number of carbonyl (C=O) groups is 1. The fraction of sp³-hybridized carbons (Fsp3) is 0.533. The second-order valence-corrected chi connectivity index (χ2v) is 5.77. The molecule has 1 N–H and O–H groups in total. The molecular weight excluding hydrogens is 210 g/mol. The SMILES string of the molecule is Cc1ccc2c(c1)NC(=O)C21CCC(C)CC1. The summed E-state index contributed by atoms with van der Waals surface area (Å²) in [5, 5.41) is 3.07. The van der Waals surface area contributed by atoms with Crippen molar-refractivity contribution in [3.8, 4) is 0 Å². The highest BCUT2D eigenvalue weighted by atomic mass is 16.2. The van der Waals surface area contributed by atoms with E-state index in [0.29, 0.717) is 0 Å². The number of benzene rings is 1. The molecule has 2 nitrogen and oxygen atoms in total. The monoisotopic (exact) mass is 229 g/mol. The van der Waals surface area contributed by atoms with Crippen LogP contribution in [0.1, 0.15) is 43.7 Å². The minimum Gasteiger partial charge on any atom is -0.325 e. The Kier molecular flexibility index (Phi) is 2.29. The van der Waals surface area contributed by atoms with Crippen LogP contribution in [-0.4, -0.2) is 5.91 Å². The lowest BCUT2D eigenvalue weighted by atomic mass is 9.67. The number of aryl methyl sites for hydroxylation is 1. The van der Waals surface area contributed by atoms with E-state index in [-0.39, 0.29) is 11.3 Å². The van der Waals surface area contributed by atoms with Crippen molar-refractivity contribution in [3.63, 3.8) is 0 Å². The summed E-state index contributed by atoms with van der Waals surface area (Å²) >= 11 is 0. The quantitative estimate of drug-likeness (QED) is 0.726. The van der Waals surface area contributed by atoms with Gasteiger partial charge in [-0.1, -0.05) is 19.1 Å². The van der Waals surface area contributed by atoms with Crippen LogP contribution in [0.3, 0.4) is 0 Å². The number of fused-ring (bicyclic) bond motifs is 2. The maximum atomic E-state index is 12.3. The van der Waals surface area contributed by atoms with Gasteiger partial charge in [-0.25, -0.2) is 0 Å². The average molecular weight is 229 g/mol. The lowest BCUT2D eigenvalue weighted by Gasteiger charge is -2.34. The van der Waals surface area contributed by atoms with Crippen LogP contribution in [0.2, 0.25) is 0 Å². The van der Waals surface area contributed by atoms with Gasteiger partial charge in [-0.15, -0.1) is 0 Å². The third-order valence-corrected chi connectivity index (χ3v) is 4.50. The fourth-order valence-corrected chi connectivity index (χ4v) is 3.29. The lowest BCUT2D eigenvalue weighted by Crippen LogP contribution is -2.37. The van der Waals surface area contributed by atoms with Crippen molar-refractivity contribution in [2.45, 2.75) is 44.9 Å². The molecular formula is C15H19NO. The van der Waals surface area contributed by atoms with Crippen LogP contribution in [0.4, 0.5) is 5.69 Å². The van der Waals surface area contributed by atoms with Gasteiger partial charge in [-0.05, 0) is 55.7 Å². The molecule has 0 bridgehead atoms. The van der Waals surface area contributed by atoms with Crippen LogP contribution < -0.4 is 5.32 Å². The van der Waals surface area contributed by atoms with Crippen molar-refractivity contribution >= 4 is 11.6 Å². The Labute approximate surface area is 102 Å². The highest BCUT2D eigenvalue weighted by Crippen LogP contribution is 2.48. The summed E-state index contributed by atoms with van der Waals surface area (Å²) in [7, 11) is 0. The predicted octanol–water partition coefficient (Wildman–Crippen LogP) is 3.40. The van der Waals surface area contributed by atoms with Crippen LogP contribution in [-0.2, 0) is 10.2 Å². The smallest absolute Gasteiger partial charge is 0.235 e. The van der Waals surface area contributed by atoms with E-state index in [9.17, 15) is 4.79 Å². The van der Waals surface area contributed by atoms with E-state index >= 15 is 0 Å². The summed E-state index contributed by atoms with van der Waals surface area (Å²) in [5.74, 6) is 0.993. The molecule has 1 amide bonds. The molecule has 1 aliphatic carbocycles. The van der Waals surface area contributed by atoms with Gasteiger partial charge in [-0.2, -0.15) is 0 Å². The second-order valence-electron chi connectivity index (χ2n) is 5.77. The number of hydrogen-bond donors (Lipinski definition) is 1. The largest absolute Gasteiger partial charge is 0.325 e. The minimum atomic E-state index is -0.213. The fourth-order valence-electron chi connectivity index (χ4n) is 3.29. The Hall–Kier alpha value is -1.31. The van der Waals surface area contributed by atoms with E-state index in [1.165, 1.54) is 24.0 Å². The maximum absolute atomic E-state index is 12.3. The van der Waals surface area contributed by atoms with Crippen molar-refractivity contribution in [1.82, 2.24) is 0 Å². The molecule has 1 heterocycles. The molecule has 0 aromatic heterocycles. The first-order valence-corrected chi connectivity index (χ1v) is 6.54. The summed E-state index contributed by atoms with van der Waals surface area (Å²) in [4.78, 5) is 12.3. The lowest BCUT2D eigenvalue weighted by molar-refractivity contribution is -0.122. The maximum Gasteiger partial charge on any atom is 0.235 e. The minimum absolute atomic E-state index is 0.213. The van der Waals surface area contributed by atoms with Gasteiger partial charge in [-0.3, -0.25) is 4.79 Å². The third-order valence-electron chi connectivity index (χ3n) is 4.50. The first-order valence-electron chi connectivity index (χ1n) is 6.54. The van der Waals surface area contributed by atoms with Gasteiger partial charge in [0.05, 0.1) is 5.41 Å². The van der Waals surface area contributed by atoms with Crippen molar-refractivity contribution in [2.75, 3.05) is 5.32 Å². The van der Waals surface area contributed by atoms with Crippen LogP contribution in [0.15, 0.2) is 18.2 Å². The van der Waals surface area contributed by atoms with Gasteiger partial charge in [0.1, 0.15) is 0 Å². The van der Waals surface area contributed by atoms with Crippen LogP contribution in [0.25, 0.3) is 0 Å². The molecule has 1 fully saturated rings. The summed E-state index contributed by atoms with van der Waals surface area (Å²) in [6.45, 7) is 4.36. The Bertz CT molecular complexity index is 470. The molecule has 1 aromatic rings. The van der Waals surface area contributed by atoms with Crippen molar-refractivity contribution in [3.05, 3.63) is 29.3 Å². The Morgan fingerprint density at radius 1 is 1.29 bits per heavy atom. The van der Waals surface area contributed by atoms with Gasteiger partial charge in [0, 0.05) is 5.69 Å². The zero-order valence-corrected chi connectivity index (χ0v) is 10.5. The van der Waals surface area contributed by atoms with E-state index in [1.807, 2.05) is 0 Å². The Balaban J connectivity index is 2.05. The van der Waals surface area contributed by atoms with E-state index in [0.717, 1.165) is 24.4 Å². The van der Waals surface area contributed by atoms with E-state index < -0.39 is 0 Å². The molecule has 0 unspecified atom stereocenters. The number of rotatable bonds is 0. The van der Waals surface area contributed by atoms with Crippen molar-refractivity contribution < 1.29 is 4.79 Å². The molecule has 2 heteroatoms. The van der Waals surface area contributed by atoms with E-state index in [2.05, 4.69) is 37.4 Å². The number of carbonyl (C=O) groups excluding carboxylic acids is 1. The normalized spacial score (nSPS) is 31.4. The second kappa shape index (κ2) is 3.59. The van der Waals surface area contributed by atoms with Gasteiger partial charge >= 0.3 is 0 Å². The van der Waals surface area contributed by atoms with Crippen LogP contribution >= 0.6 is 0 Å². The molecule has 1 spiro atoms. The van der Waals surface area contributed by atoms with Gasteiger partial charge < -0.3 is 5.32 Å². The first kappa shape index (κ1) is 10.8. The van der Waals surface area contributed by atoms with Gasteiger partial charge in [0.25, 0.3) is 0 Å². The summed E-state index contributed by atoms with van der Waals surface area (Å²) in [6.07, 6.45) is 4.35. The van der Waals surface area contributed by atoms with Crippen LogP contribution in [0, 0.1) is 12.8 Å². The summed E-state index contributed by atoms with van der Waals surface area (Å²) in [6, 6.07) is 6.37. The molecule has 1 aliphatic heterocycles. The molecule has 1 aromatic carbocycles. The van der Waals surface area contributed by atoms with E-state index in [1.54, 1.807) is 0 Å². The standard InChI is InChI=1S/C15H19NO/c1-10-5-7-15(8-6-10)12-4-3-11(2)9-13(12)16-14(15)17/h3-4,9-10H,5-8H2,1-2H3,(H,16,17). The average Bonchev–Trinajstić information content (AvgIpc) is 2.55. The molecule has 1 saturated carbocycles. The molecule has 0 radical (unpaired) electrons. The van der Waals surface area contributed by atoms with E-state index in [4.69, 9.17) is 0 Å². The zero-order chi connectivity index (χ0) is 12.0. The van der Waals surface area contributed by atoms with Gasteiger partial charge in [0.15, 0.2) is 0 Å². The Morgan fingerprint density at radius 3 is 2.71 bits per heavy atom. The molecule has 2 aliphatic rings. The number of amides is 1. The molecule has 0 atom stereocenters. The summed E-state index contributed by atoms with van der Waals surface area (Å²) < 4.78 is 0. The number of anilines is 1.